The Bertz CT molecular complexity index is 731. The second kappa shape index (κ2) is 7.23. The predicted molar refractivity (Wildman–Crippen MR) is 78.0 cm³/mol. The molecule has 0 aliphatic heterocycles. The molecule has 0 spiro atoms. The molecule has 0 fully saturated rings. The molecule has 22 heavy (non-hydrogen) atoms. The summed E-state index contributed by atoms with van der Waals surface area (Å²) in [4.78, 5) is 21.3. The third kappa shape index (κ3) is 3.86. The first-order chi connectivity index (χ1) is 9.82. The zero-order chi connectivity index (χ0) is 15.6. The van der Waals surface area contributed by atoms with Crippen molar-refractivity contribution < 1.29 is 28.2 Å². The van der Waals surface area contributed by atoms with Gasteiger partial charge in [0, 0.05) is 37.7 Å². The van der Waals surface area contributed by atoms with Crippen LogP contribution >= 0.6 is 0 Å². The fourth-order valence-electron chi connectivity index (χ4n) is 1.69. The third-order valence-corrected chi connectivity index (χ3v) is 4.61. The van der Waals surface area contributed by atoms with Gasteiger partial charge >= 0.3 is 11.9 Å². The van der Waals surface area contributed by atoms with Crippen molar-refractivity contribution in [2.75, 3.05) is 0 Å². The molecule has 2 radical (unpaired) electrons. The van der Waals surface area contributed by atoms with Gasteiger partial charge in [-0.2, -0.15) is 0 Å². The number of rotatable bonds is 4. The normalized spacial score (nSPS) is 10.5. The largest absolute Gasteiger partial charge is 0.478 e. The molecule has 2 N–H and O–H groups in total. The average molecular weight is 346 g/mol. The van der Waals surface area contributed by atoms with Crippen molar-refractivity contribution >= 4 is 59.5 Å². The molecule has 0 unspecified atom stereocenters. The Kier molecular flexibility index (Phi) is 6.13. The zero-order valence-electron chi connectivity index (χ0n) is 11.3. The van der Waals surface area contributed by atoms with Gasteiger partial charge in [0.05, 0.1) is 20.9 Å². The van der Waals surface area contributed by atoms with E-state index in [9.17, 15) is 18.0 Å². The van der Waals surface area contributed by atoms with E-state index in [4.69, 9.17) is 10.2 Å². The average Bonchev–Trinajstić information content (AvgIpc) is 2.47. The van der Waals surface area contributed by atoms with Crippen molar-refractivity contribution in [3.8, 4) is 0 Å². The van der Waals surface area contributed by atoms with E-state index in [-0.39, 0.29) is 58.7 Å². The monoisotopic (exact) mass is 346 g/mol. The van der Waals surface area contributed by atoms with Crippen LogP contribution in [0.1, 0.15) is 20.7 Å². The van der Waals surface area contributed by atoms with Crippen LogP contribution in [0, 0.1) is 0 Å². The van der Waals surface area contributed by atoms with E-state index in [1.54, 1.807) is 0 Å². The van der Waals surface area contributed by atoms with Crippen molar-refractivity contribution in [2.45, 2.75) is 9.79 Å². The summed E-state index contributed by atoms with van der Waals surface area (Å²) in [5.41, 5.74) is -0.0367. The summed E-state index contributed by atoms with van der Waals surface area (Å²) in [6.45, 7) is 0. The molecular formula is C14H10CaO6S. The Hall–Kier alpha value is -1.41. The summed E-state index contributed by atoms with van der Waals surface area (Å²) >= 11 is 0. The maximum absolute atomic E-state index is 12.3. The first kappa shape index (κ1) is 18.6. The smallest absolute Gasteiger partial charge is 0.335 e. The molecule has 110 valence electrons. The molecule has 6 nitrogen and oxygen atoms in total. The quantitative estimate of drug-likeness (QED) is 0.813. The van der Waals surface area contributed by atoms with Gasteiger partial charge in [0.1, 0.15) is 0 Å². The predicted octanol–water partition coefficient (Wildman–Crippen LogP) is 1.53. The number of hydrogen-bond acceptors (Lipinski definition) is 4. The number of aromatic carboxylic acids is 2. The fraction of sp³-hybridized carbons (Fsp3) is 0. The molecule has 0 aliphatic carbocycles. The van der Waals surface area contributed by atoms with Crippen molar-refractivity contribution in [1.82, 2.24) is 0 Å². The number of carboxylic acid groups (broad SMARTS) is 2. The zero-order valence-corrected chi connectivity index (χ0v) is 14.3. The first-order valence-corrected chi connectivity index (χ1v) is 7.22. The van der Waals surface area contributed by atoms with E-state index in [0.717, 1.165) is 0 Å². The molecule has 2 aromatic rings. The Morgan fingerprint density at radius 2 is 0.955 bits per heavy atom. The van der Waals surface area contributed by atoms with E-state index in [2.05, 4.69) is 0 Å². The summed E-state index contributed by atoms with van der Waals surface area (Å²) in [5.74, 6) is -2.30. The van der Waals surface area contributed by atoms with E-state index in [1.165, 1.54) is 48.5 Å². The molecule has 0 atom stereocenters. The van der Waals surface area contributed by atoms with Crippen LogP contribution in [-0.4, -0.2) is 68.3 Å². The minimum atomic E-state index is -3.81. The third-order valence-electron chi connectivity index (χ3n) is 2.82. The molecule has 2 rings (SSSR count). The summed E-state index contributed by atoms with van der Waals surface area (Å²) in [7, 11) is -3.81. The van der Waals surface area contributed by atoms with Crippen LogP contribution in [0.15, 0.2) is 58.3 Å². The molecule has 0 aliphatic rings. The van der Waals surface area contributed by atoms with Crippen LogP contribution in [0.3, 0.4) is 0 Å². The molecule has 0 heterocycles. The topological polar surface area (TPSA) is 109 Å². The minimum Gasteiger partial charge on any atom is -0.478 e. The molecule has 0 aromatic heterocycles. The van der Waals surface area contributed by atoms with Gasteiger partial charge in [-0.25, -0.2) is 18.0 Å². The number of carboxylic acids is 2. The molecule has 2 aromatic carbocycles. The molecule has 0 saturated carbocycles. The Labute approximate surface area is 156 Å². The number of carbonyl (C=O) groups is 2. The standard InChI is InChI=1S/C14H10O6S.Ca/c15-13(16)9-1-5-11(6-2-9)21(19,20)12-7-3-10(4-8-12)14(17)18;/h1-8H,(H,15,16)(H,17,18);. The van der Waals surface area contributed by atoms with Crippen LogP contribution < -0.4 is 0 Å². The fourth-order valence-corrected chi connectivity index (χ4v) is 2.95. The van der Waals surface area contributed by atoms with Gasteiger partial charge in [-0.05, 0) is 48.5 Å². The summed E-state index contributed by atoms with van der Waals surface area (Å²) in [6, 6.07) is 9.57. The van der Waals surface area contributed by atoms with Gasteiger partial charge in [-0.15, -0.1) is 0 Å². The van der Waals surface area contributed by atoms with E-state index in [1.807, 2.05) is 0 Å². The Morgan fingerprint density at radius 1 is 0.682 bits per heavy atom. The Balaban J connectivity index is 0.00000242. The molecule has 0 amide bonds. The van der Waals surface area contributed by atoms with Gasteiger partial charge < -0.3 is 10.2 Å². The maximum Gasteiger partial charge on any atom is 0.335 e. The van der Waals surface area contributed by atoms with E-state index < -0.39 is 21.8 Å². The van der Waals surface area contributed by atoms with Crippen molar-refractivity contribution in [3.63, 3.8) is 0 Å². The minimum absolute atomic E-state index is 0. The van der Waals surface area contributed by atoms with Crippen LogP contribution in [0.2, 0.25) is 0 Å². The van der Waals surface area contributed by atoms with Crippen LogP contribution in [0.25, 0.3) is 0 Å². The van der Waals surface area contributed by atoms with Crippen LogP contribution in [-0.2, 0) is 9.84 Å². The summed E-state index contributed by atoms with van der Waals surface area (Å²) in [6.07, 6.45) is 0. The van der Waals surface area contributed by atoms with Crippen molar-refractivity contribution in [1.29, 1.82) is 0 Å². The van der Waals surface area contributed by atoms with Gasteiger partial charge in [0.15, 0.2) is 0 Å². The maximum atomic E-state index is 12.3. The van der Waals surface area contributed by atoms with Crippen LogP contribution in [0.4, 0.5) is 0 Å². The summed E-state index contributed by atoms with van der Waals surface area (Å²) in [5, 5.41) is 17.5. The second-order valence-electron chi connectivity index (χ2n) is 4.16. The number of hydrogen-bond donors (Lipinski definition) is 2. The summed E-state index contributed by atoms with van der Waals surface area (Å²) < 4.78 is 24.6. The SMILES string of the molecule is O=C(O)c1ccc(S(=O)(=O)c2ccc(C(=O)O)cc2)cc1.[Ca]. The van der Waals surface area contributed by atoms with Gasteiger partial charge in [-0.3, -0.25) is 0 Å². The van der Waals surface area contributed by atoms with Gasteiger partial charge in [0.2, 0.25) is 9.84 Å². The van der Waals surface area contributed by atoms with Gasteiger partial charge in [0.25, 0.3) is 0 Å². The Morgan fingerprint density at radius 3 is 1.18 bits per heavy atom. The van der Waals surface area contributed by atoms with Crippen molar-refractivity contribution in [3.05, 3.63) is 59.7 Å². The van der Waals surface area contributed by atoms with Gasteiger partial charge in [-0.1, -0.05) is 0 Å². The number of benzene rings is 2. The first-order valence-electron chi connectivity index (χ1n) is 5.74. The molecule has 0 bridgehead atoms. The van der Waals surface area contributed by atoms with E-state index in [0.29, 0.717) is 0 Å². The second-order valence-corrected chi connectivity index (χ2v) is 6.11. The van der Waals surface area contributed by atoms with Crippen molar-refractivity contribution in [2.24, 2.45) is 0 Å². The number of sulfone groups is 1. The molecule has 0 saturated heterocycles. The van der Waals surface area contributed by atoms with E-state index >= 15 is 0 Å². The van der Waals surface area contributed by atoms with Crippen LogP contribution in [0.5, 0.6) is 0 Å². The molecule has 8 heteroatoms. The molecular weight excluding hydrogens is 336 g/mol.